The van der Waals surface area contributed by atoms with E-state index in [0.29, 0.717) is 26.3 Å². The monoisotopic (exact) mass is 342 g/mol. The standard InChI is InChI=1S/C20H26N2O3/c1-24-15-13-22(14-16-25-2)20(23)21-19(17-9-5-3-6-10-17)18-11-7-4-8-12-18/h3-12,19H,13-16H2,1-2H3,(H,21,23). The molecule has 0 fully saturated rings. The number of hydrogen-bond donors (Lipinski definition) is 1. The molecule has 0 saturated heterocycles. The number of nitrogens with zero attached hydrogens (tertiary/aromatic N) is 1. The van der Waals surface area contributed by atoms with Crippen molar-refractivity contribution < 1.29 is 14.3 Å². The summed E-state index contributed by atoms with van der Waals surface area (Å²) in [7, 11) is 3.26. The molecule has 0 heterocycles. The highest BCUT2D eigenvalue weighted by molar-refractivity contribution is 5.75. The number of carbonyl (C=O) groups is 1. The molecule has 0 saturated carbocycles. The molecule has 2 amide bonds. The number of amides is 2. The zero-order chi connectivity index (χ0) is 17.9. The Morgan fingerprint density at radius 3 is 1.72 bits per heavy atom. The van der Waals surface area contributed by atoms with E-state index in [2.05, 4.69) is 5.32 Å². The normalized spacial score (nSPS) is 10.7. The lowest BCUT2D eigenvalue weighted by Crippen LogP contribution is -2.44. The molecule has 2 aromatic rings. The second kappa shape index (κ2) is 10.5. The lowest BCUT2D eigenvalue weighted by Gasteiger charge is -2.27. The van der Waals surface area contributed by atoms with Crippen molar-refractivity contribution in [3.8, 4) is 0 Å². The van der Waals surface area contributed by atoms with Gasteiger partial charge in [0.1, 0.15) is 0 Å². The maximum absolute atomic E-state index is 12.8. The van der Waals surface area contributed by atoms with Crippen molar-refractivity contribution in [3.05, 3.63) is 71.8 Å². The van der Waals surface area contributed by atoms with Crippen molar-refractivity contribution in [2.45, 2.75) is 6.04 Å². The van der Waals surface area contributed by atoms with Crippen molar-refractivity contribution in [3.63, 3.8) is 0 Å². The number of carbonyl (C=O) groups excluding carboxylic acids is 1. The van der Waals surface area contributed by atoms with Crippen LogP contribution in [0.1, 0.15) is 17.2 Å². The molecule has 0 atom stereocenters. The maximum atomic E-state index is 12.8. The number of hydrogen-bond acceptors (Lipinski definition) is 3. The summed E-state index contributed by atoms with van der Waals surface area (Å²) in [5.74, 6) is 0. The van der Waals surface area contributed by atoms with Crippen LogP contribution in [-0.4, -0.2) is 51.5 Å². The molecule has 0 radical (unpaired) electrons. The fourth-order valence-electron chi connectivity index (χ4n) is 2.58. The summed E-state index contributed by atoms with van der Waals surface area (Å²) >= 11 is 0. The van der Waals surface area contributed by atoms with Crippen LogP contribution in [0.4, 0.5) is 4.79 Å². The highest BCUT2D eigenvalue weighted by Gasteiger charge is 2.20. The van der Waals surface area contributed by atoms with Crippen LogP contribution < -0.4 is 5.32 Å². The highest BCUT2D eigenvalue weighted by atomic mass is 16.5. The molecule has 1 N–H and O–H groups in total. The molecule has 25 heavy (non-hydrogen) atoms. The third-order valence-electron chi connectivity index (χ3n) is 3.95. The van der Waals surface area contributed by atoms with Crippen molar-refractivity contribution in [1.82, 2.24) is 10.2 Å². The Bertz CT molecular complexity index is 572. The Morgan fingerprint density at radius 1 is 0.880 bits per heavy atom. The van der Waals surface area contributed by atoms with E-state index in [-0.39, 0.29) is 12.1 Å². The third-order valence-corrected chi connectivity index (χ3v) is 3.95. The van der Waals surface area contributed by atoms with E-state index < -0.39 is 0 Å². The minimum Gasteiger partial charge on any atom is -0.383 e. The molecular formula is C20H26N2O3. The van der Waals surface area contributed by atoms with Gasteiger partial charge in [-0.3, -0.25) is 0 Å². The average molecular weight is 342 g/mol. The van der Waals surface area contributed by atoms with Crippen LogP contribution in [0.3, 0.4) is 0 Å². The second-order valence-corrected chi connectivity index (χ2v) is 5.68. The van der Waals surface area contributed by atoms with Gasteiger partial charge in [0.15, 0.2) is 0 Å². The predicted octanol–water partition coefficient (Wildman–Crippen LogP) is 3.08. The Hall–Kier alpha value is -2.37. The largest absolute Gasteiger partial charge is 0.383 e. The van der Waals surface area contributed by atoms with Gasteiger partial charge in [0, 0.05) is 27.3 Å². The molecule has 0 aromatic heterocycles. The minimum atomic E-state index is -0.206. The molecule has 5 heteroatoms. The van der Waals surface area contributed by atoms with Crippen LogP contribution in [0, 0.1) is 0 Å². The topological polar surface area (TPSA) is 50.8 Å². The zero-order valence-electron chi connectivity index (χ0n) is 14.9. The molecule has 0 aliphatic rings. The molecule has 0 unspecified atom stereocenters. The van der Waals surface area contributed by atoms with Crippen molar-refractivity contribution in [1.29, 1.82) is 0 Å². The number of methoxy groups -OCH3 is 2. The number of rotatable bonds is 9. The minimum absolute atomic E-state index is 0.133. The number of ether oxygens (including phenoxy) is 2. The van der Waals surface area contributed by atoms with Crippen LogP contribution in [0.5, 0.6) is 0 Å². The van der Waals surface area contributed by atoms with Gasteiger partial charge in [0.05, 0.1) is 19.3 Å². The smallest absolute Gasteiger partial charge is 0.318 e. The van der Waals surface area contributed by atoms with Crippen LogP contribution in [0.15, 0.2) is 60.7 Å². The lowest BCUT2D eigenvalue weighted by molar-refractivity contribution is 0.121. The summed E-state index contributed by atoms with van der Waals surface area (Å²) in [6, 6.07) is 19.6. The summed E-state index contributed by atoms with van der Waals surface area (Å²) < 4.78 is 10.2. The average Bonchev–Trinajstić information content (AvgIpc) is 2.67. The SMILES string of the molecule is COCCN(CCOC)C(=O)NC(c1ccccc1)c1ccccc1. The summed E-state index contributed by atoms with van der Waals surface area (Å²) in [4.78, 5) is 14.5. The predicted molar refractivity (Wildman–Crippen MR) is 98.6 cm³/mol. The summed E-state index contributed by atoms with van der Waals surface area (Å²) in [5.41, 5.74) is 2.08. The van der Waals surface area contributed by atoms with Crippen LogP contribution in [-0.2, 0) is 9.47 Å². The Morgan fingerprint density at radius 2 is 1.32 bits per heavy atom. The van der Waals surface area contributed by atoms with E-state index in [1.54, 1.807) is 19.1 Å². The first-order valence-corrected chi connectivity index (χ1v) is 8.39. The first kappa shape index (κ1) is 19.0. The molecular weight excluding hydrogens is 316 g/mol. The number of urea groups is 1. The Labute approximate surface area is 149 Å². The van der Waals surface area contributed by atoms with Gasteiger partial charge in [-0.05, 0) is 11.1 Å². The second-order valence-electron chi connectivity index (χ2n) is 5.68. The van der Waals surface area contributed by atoms with E-state index >= 15 is 0 Å². The molecule has 0 spiro atoms. The van der Waals surface area contributed by atoms with Gasteiger partial charge in [-0.2, -0.15) is 0 Å². The van der Waals surface area contributed by atoms with Gasteiger partial charge in [-0.15, -0.1) is 0 Å². The summed E-state index contributed by atoms with van der Waals surface area (Å²) in [6.07, 6.45) is 0. The molecule has 2 rings (SSSR count). The lowest BCUT2D eigenvalue weighted by atomic mass is 9.99. The zero-order valence-corrected chi connectivity index (χ0v) is 14.9. The summed E-state index contributed by atoms with van der Waals surface area (Å²) in [5, 5.41) is 3.14. The Balaban J connectivity index is 2.18. The molecule has 0 aliphatic carbocycles. The maximum Gasteiger partial charge on any atom is 0.318 e. The number of benzene rings is 2. The fraction of sp³-hybridized carbons (Fsp3) is 0.350. The summed E-state index contributed by atoms with van der Waals surface area (Å²) in [6.45, 7) is 2.00. The van der Waals surface area contributed by atoms with Crippen LogP contribution >= 0.6 is 0 Å². The molecule has 5 nitrogen and oxygen atoms in total. The van der Waals surface area contributed by atoms with Crippen LogP contribution in [0.2, 0.25) is 0 Å². The highest BCUT2D eigenvalue weighted by Crippen LogP contribution is 2.22. The van der Waals surface area contributed by atoms with Gasteiger partial charge < -0.3 is 19.7 Å². The van der Waals surface area contributed by atoms with E-state index in [4.69, 9.17) is 9.47 Å². The fourth-order valence-corrected chi connectivity index (χ4v) is 2.58. The van der Waals surface area contributed by atoms with Gasteiger partial charge in [0.2, 0.25) is 0 Å². The molecule has 2 aromatic carbocycles. The molecule has 134 valence electrons. The van der Waals surface area contributed by atoms with E-state index in [0.717, 1.165) is 11.1 Å². The quantitative estimate of drug-likeness (QED) is 0.762. The third kappa shape index (κ3) is 5.89. The van der Waals surface area contributed by atoms with Crippen molar-refractivity contribution in [2.24, 2.45) is 0 Å². The first-order chi connectivity index (χ1) is 12.3. The van der Waals surface area contributed by atoms with E-state index in [9.17, 15) is 4.79 Å². The van der Waals surface area contributed by atoms with Crippen LogP contribution in [0.25, 0.3) is 0 Å². The molecule has 0 aliphatic heterocycles. The number of nitrogens with one attached hydrogen (secondary N) is 1. The van der Waals surface area contributed by atoms with Crippen molar-refractivity contribution in [2.75, 3.05) is 40.5 Å². The van der Waals surface area contributed by atoms with Gasteiger partial charge in [-0.1, -0.05) is 60.7 Å². The molecule has 0 bridgehead atoms. The van der Waals surface area contributed by atoms with E-state index in [1.165, 1.54) is 0 Å². The van der Waals surface area contributed by atoms with Crippen molar-refractivity contribution >= 4 is 6.03 Å². The van der Waals surface area contributed by atoms with E-state index in [1.807, 2.05) is 60.7 Å². The Kier molecular flexibility index (Phi) is 7.95. The van der Waals surface area contributed by atoms with Gasteiger partial charge in [0.25, 0.3) is 0 Å². The first-order valence-electron chi connectivity index (χ1n) is 8.39. The van der Waals surface area contributed by atoms with Gasteiger partial charge in [-0.25, -0.2) is 4.79 Å². The van der Waals surface area contributed by atoms with Gasteiger partial charge >= 0.3 is 6.03 Å².